The average Bonchev–Trinajstić information content (AvgIpc) is 2.93. The van der Waals surface area contributed by atoms with Gasteiger partial charge in [0.15, 0.2) is 0 Å². The van der Waals surface area contributed by atoms with Crippen LogP contribution >= 0.6 is 0 Å². The lowest BCUT2D eigenvalue weighted by molar-refractivity contribution is -0.124. The monoisotopic (exact) mass is 283 g/mol. The summed E-state index contributed by atoms with van der Waals surface area (Å²) in [5.41, 5.74) is 0. The van der Waals surface area contributed by atoms with Crippen molar-refractivity contribution in [2.24, 2.45) is 5.92 Å². The van der Waals surface area contributed by atoms with Gasteiger partial charge in [-0.25, -0.2) is 0 Å². The van der Waals surface area contributed by atoms with Crippen LogP contribution in [0.15, 0.2) is 0 Å². The van der Waals surface area contributed by atoms with E-state index in [9.17, 15) is 4.79 Å². The molecule has 2 aliphatic rings. The van der Waals surface area contributed by atoms with Gasteiger partial charge in [-0.15, -0.1) is 0 Å². The quantitative estimate of drug-likeness (QED) is 0.749. The van der Waals surface area contributed by atoms with Gasteiger partial charge >= 0.3 is 0 Å². The highest BCUT2D eigenvalue weighted by molar-refractivity contribution is 5.76. The molecule has 2 unspecified atom stereocenters. The maximum atomic E-state index is 12.0. The Labute approximate surface area is 122 Å². The number of nitrogens with one attached hydrogen (secondary N) is 2. The van der Waals surface area contributed by atoms with Crippen LogP contribution in [0.5, 0.6) is 0 Å². The molecule has 2 N–H and O–H groups in total. The molecule has 1 amide bonds. The van der Waals surface area contributed by atoms with Gasteiger partial charge in [-0.2, -0.15) is 0 Å². The van der Waals surface area contributed by atoms with E-state index in [4.69, 9.17) is 4.74 Å². The fraction of sp³-hybridized carbons (Fsp3) is 0.933. The number of likely N-dealkylation sites (tertiary alicyclic amines) is 1. The average molecular weight is 283 g/mol. The maximum Gasteiger partial charge on any atom is 0.222 e. The lowest BCUT2D eigenvalue weighted by Gasteiger charge is -2.31. The van der Waals surface area contributed by atoms with Crippen LogP contribution in [0.2, 0.25) is 0 Å². The molecule has 116 valence electrons. The molecule has 2 heterocycles. The van der Waals surface area contributed by atoms with Gasteiger partial charge in [0.1, 0.15) is 0 Å². The van der Waals surface area contributed by atoms with Crippen LogP contribution in [0.3, 0.4) is 0 Å². The van der Waals surface area contributed by atoms with Crippen molar-refractivity contribution in [3.63, 3.8) is 0 Å². The first kappa shape index (κ1) is 15.7. The largest absolute Gasteiger partial charge is 0.375 e. The fourth-order valence-corrected chi connectivity index (χ4v) is 3.11. The molecule has 5 nitrogen and oxygen atoms in total. The standard InChI is InChI=1S/C15H29N3O2/c1-12(2)14(18-6-3-4-7-18)11-17-15(19)9-13-10-16-5-8-20-13/h12-14,16H,3-11H2,1-2H3,(H,17,19). The van der Waals surface area contributed by atoms with E-state index in [2.05, 4.69) is 29.4 Å². The fourth-order valence-electron chi connectivity index (χ4n) is 3.11. The van der Waals surface area contributed by atoms with Gasteiger partial charge in [0, 0.05) is 25.7 Å². The minimum absolute atomic E-state index is 0.0352. The molecule has 0 bridgehead atoms. The molecule has 0 aromatic carbocycles. The van der Waals surface area contributed by atoms with E-state index < -0.39 is 0 Å². The van der Waals surface area contributed by atoms with Crippen molar-refractivity contribution in [1.29, 1.82) is 0 Å². The molecule has 2 fully saturated rings. The second-order valence-corrected chi connectivity index (χ2v) is 6.26. The van der Waals surface area contributed by atoms with Crippen LogP contribution in [-0.2, 0) is 9.53 Å². The van der Waals surface area contributed by atoms with Crippen LogP contribution < -0.4 is 10.6 Å². The lowest BCUT2D eigenvalue weighted by atomic mass is 10.0. The second-order valence-electron chi connectivity index (χ2n) is 6.26. The topological polar surface area (TPSA) is 53.6 Å². The van der Waals surface area contributed by atoms with Gasteiger partial charge in [-0.1, -0.05) is 13.8 Å². The number of ether oxygens (including phenoxy) is 1. The first-order valence-electron chi connectivity index (χ1n) is 8.00. The maximum absolute atomic E-state index is 12.0. The van der Waals surface area contributed by atoms with Gasteiger partial charge in [-0.3, -0.25) is 9.69 Å². The molecule has 0 aromatic heterocycles. The summed E-state index contributed by atoms with van der Waals surface area (Å²) in [7, 11) is 0. The Hall–Kier alpha value is -0.650. The lowest BCUT2D eigenvalue weighted by Crippen LogP contribution is -2.47. The van der Waals surface area contributed by atoms with Gasteiger partial charge in [0.05, 0.1) is 19.1 Å². The Kier molecular flexibility index (Phi) is 6.26. The zero-order valence-corrected chi connectivity index (χ0v) is 12.9. The van der Waals surface area contributed by atoms with Gasteiger partial charge in [0.25, 0.3) is 0 Å². The van der Waals surface area contributed by atoms with Gasteiger partial charge in [0.2, 0.25) is 5.91 Å². The van der Waals surface area contributed by atoms with E-state index in [1.807, 2.05) is 0 Å². The van der Waals surface area contributed by atoms with Gasteiger partial charge < -0.3 is 15.4 Å². The molecule has 0 radical (unpaired) electrons. The van der Waals surface area contributed by atoms with E-state index in [-0.39, 0.29) is 12.0 Å². The molecule has 2 saturated heterocycles. The van der Waals surface area contributed by atoms with Crippen LogP contribution in [0.1, 0.15) is 33.1 Å². The summed E-state index contributed by atoms with van der Waals surface area (Å²) in [5.74, 6) is 0.685. The minimum Gasteiger partial charge on any atom is -0.375 e. The molecule has 0 aromatic rings. The van der Waals surface area contributed by atoms with E-state index in [1.165, 1.54) is 25.9 Å². The summed E-state index contributed by atoms with van der Waals surface area (Å²) in [6, 6.07) is 0.465. The van der Waals surface area contributed by atoms with Crippen molar-refractivity contribution < 1.29 is 9.53 Å². The normalized spacial score (nSPS) is 25.9. The van der Waals surface area contributed by atoms with Crippen molar-refractivity contribution in [2.75, 3.05) is 39.3 Å². The van der Waals surface area contributed by atoms with Crippen LogP contribution in [0.25, 0.3) is 0 Å². The van der Waals surface area contributed by atoms with E-state index in [0.717, 1.165) is 19.6 Å². The van der Waals surface area contributed by atoms with Crippen molar-refractivity contribution in [3.8, 4) is 0 Å². The molecular formula is C15H29N3O2. The first-order chi connectivity index (χ1) is 9.66. The summed E-state index contributed by atoms with van der Waals surface area (Å²) in [4.78, 5) is 14.5. The molecule has 20 heavy (non-hydrogen) atoms. The Balaban J connectivity index is 1.72. The zero-order chi connectivity index (χ0) is 14.4. The third-order valence-corrected chi connectivity index (χ3v) is 4.31. The van der Waals surface area contributed by atoms with Crippen LogP contribution in [0, 0.1) is 5.92 Å². The highest BCUT2D eigenvalue weighted by Crippen LogP contribution is 2.17. The summed E-state index contributed by atoms with van der Waals surface area (Å²) < 4.78 is 5.57. The third kappa shape index (κ3) is 4.72. The molecule has 0 saturated carbocycles. The molecule has 5 heteroatoms. The predicted octanol–water partition coefficient (Wildman–Crippen LogP) is 0.602. The van der Waals surface area contributed by atoms with Crippen molar-refractivity contribution >= 4 is 5.91 Å². The van der Waals surface area contributed by atoms with Crippen LogP contribution in [-0.4, -0.2) is 62.3 Å². The number of hydrogen-bond donors (Lipinski definition) is 2. The Morgan fingerprint density at radius 3 is 2.75 bits per heavy atom. The zero-order valence-electron chi connectivity index (χ0n) is 12.9. The summed E-state index contributed by atoms with van der Waals surface area (Å²) in [6.45, 7) is 9.97. The van der Waals surface area contributed by atoms with E-state index in [0.29, 0.717) is 25.0 Å². The molecule has 2 aliphatic heterocycles. The van der Waals surface area contributed by atoms with Crippen molar-refractivity contribution in [3.05, 3.63) is 0 Å². The summed E-state index contributed by atoms with van der Waals surface area (Å²) >= 11 is 0. The highest BCUT2D eigenvalue weighted by atomic mass is 16.5. The smallest absolute Gasteiger partial charge is 0.222 e. The Morgan fingerprint density at radius 1 is 1.40 bits per heavy atom. The number of rotatable bonds is 6. The summed E-state index contributed by atoms with van der Waals surface area (Å²) in [5, 5.41) is 6.35. The van der Waals surface area contributed by atoms with Crippen molar-refractivity contribution in [2.45, 2.75) is 45.3 Å². The minimum atomic E-state index is 0.0352. The molecule has 2 atom stereocenters. The molecular weight excluding hydrogens is 254 g/mol. The number of nitrogens with zero attached hydrogens (tertiary/aromatic N) is 1. The number of amides is 1. The molecule has 0 aliphatic carbocycles. The second kappa shape index (κ2) is 7.96. The highest BCUT2D eigenvalue weighted by Gasteiger charge is 2.25. The van der Waals surface area contributed by atoms with Crippen LogP contribution in [0.4, 0.5) is 0 Å². The third-order valence-electron chi connectivity index (χ3n) is 4.31. The number of morpholine rings is 1. The predicted molar refractivity (Wildman–Crippen MR) is 79.7 cm³/mol. The van der Waals surface area contributed by atoms with Crippen molar-refractivity contribution in [1.82, 2.24) is 15.5 Å². The molecule has 2 rings (SSSR count). The summed E-state index contributed by atoms with van der Waals surface area (Å²) in [6.07, 6.45) is 3.09. The Morgan fingerprint density at radius 2 is 2.15 bits per heavy atom. The van der Waals surface area contributed by atoms with E-state index >= 15 is 0 Å². The molecule has 0 spiro atoms. The van der Waals surface area contributed by atoms with E-state index in [1.54, 1.807) is 0 Å². The number of carbonyl (C=O) groups excluding carboxylic acids is 1. The van der Waals surface area contributed by atoms with Gasteiger partial charge in [-0.05, 0) is 31.8 Å². The number of carbonyl (C=O) groups is 1. The first-order valence-corrected chi connectivity index (χ1v) is 8.00. The Bertz CT molecular complexity index is 297. The number of hydrogen-bond acceptors (Lipinski definition) is 4. The SMILES string of the molecule is CC(C)C(CNC(=O)CC1CNCCO1)N1CCCC1.